The average Bonchev–Trinajstić information content (AvgIpc) is 2.63. The van der Waals surface area contributed by atoms with Crippen LogP contribution in [0.25, 0.3) is 0 Å². The molecule has 0 bridgehead atoms. The van der Waals surface area contributed by atoms with Gasteiger partial charge < -0.3 is 9.47 Å². The molecule has 0 heterocycles. The Bertz CT molecular complexity index is 725. The van der Waals surface area contributed by atoms with Crippen LogP contribution in [0.1, 0.15) is 17.3 Å². The summed E-state index contributed by atoms with van der Waals surface area (Å²) in [4.78, 5) is 29.0. The first-order valence-corrected chi connectivity index (χ1v) is 7.60. The Morgan fingerprint density at radius 1 is 1.08 bits per heavy atom. The number of aliphatic imine (C=N–C) groups is 1. The van der Waals surface area contributed by atoms with Crippen molar-refractivity contribution < 1.29 is 19.1 Å². The molecule has 5 heteroatoms. The van der Waals surface area contributed by atoms with Crippen molar-refractivity contribution in [1.29, 1.82) is 0 Å². The number of ether oxygens (including phenoxy) is 2. The molecule has 0 N–H and O–H groups in total. The van der Waals surface area contributed by atoms with Crippen molar-refractivity contribution >= 4 is 23.7 Å². The minimum Gasteiger partial charge on any atom is -0.494 e. The number of carbonyl (C=O) groups excluding carboxylic acids is 2. The van der Waals surface area contributed by atoms with E-state index in [-0.39, 0.29) is 12.4 Å². The van der Waals surface area contributed by atoms with Crippen molar-refractivity contribution in [2.24, 2.45) is 10.9 Å². The molecule has 0 aliphatic carbocycles. The topological polar surface area (TPSA) is 65.0 Å². The van der Waals surface area contributed by atoms with Gasteiger partial charge in [-0.15, -0.1) is 0 Å². The van der Waals surface area contributed by atoms with E-state index in [0.717, 1.165) is 0 Å². The number of hydrogen-bond donors (Lipinski definition) is 0. The van der Waals surface area contributed by atoms with Crippen LogP contribution in [-0.2, 0) is 9.53 Å². The fraction of sp³-hybridized carbons (Fsp3) is 0.211. The molecule has 2 aromatic rings. The Morgan fingerprint density at radius 3 is 2.42 bits per heavy atom. The van der Waals surface area contributed by atoms with Gasteiger partial charge in [0.25, 0.3) is 0 Å². The first-order valence-electron chi connectivity index (χ1n) is 7.60. The molecule has 2 rings (SSSR count). The highest BCUT2D eigenvalue weighted by molar-refractivity contribution is 6.18. The molecular formula is C19H19NO4. The quantitative estimate of drug-likeness (QED) is 0.338. The van der Waals surface area contributed by atoms with Crippen molar-refractivity contribution in [3.63, 3.8) is 0 Å². The van der Waals surface area contributed by atoms with Gasteiger partial charge in [0.05, 0.1) is 13.7 Å². The summed E-state index contributed by atoms with van der Waals surface area (Å²) in [5, 5.41) is 0. The summed E-state index contributed by atoms with van der Waals surface area (Å²) in [6.07, 6.45) is 1.31. The fourth-order valence-corrected chi connectivity index (χ4v) is 2.14. The van der Waals surface area contributed by atoms with E-state index in [0.29, 0.717) is 17.0 Å². The Balaban J connectivity index is 2.31. The average molecular weight is 325 g/mol. The maximum Gasteiger partial charge on any atom is 0.322 e. The Labute approximate surface area is 140 Å². The SMILES string of the molecule is CCOC(=O)C(C=Nc1ccccc1OC)C(=O)c1ccccc1. The van der Waals surface area contributed by atoms with E-state index in [1.54, 1.807) is 55.5 Å². The number of nitrogens with zero attached hydrogens (tertiary/aromatic N) is 1. The van der Waals surface area contributed by atoms with Crippen molar-refractivity contribution in [3.05, 3.63) is 60.2 Å². The minimum atomic E-state index is -1.10. The number of methoxy groups -OCH3 is 1. The summed E-state index contributed by atoms with van der Waals surface area (Å²) in [5.74, 6) is -1.52. The molecule has 1 atom stereocenters. The largest absolute Gasteiger partial charge is 0.494 e. The maximum atomic E-state index is 12.6. The van der Waals surface area contributed by atoms with E-state index >= 15 is 0 Å². The maximum absolute atomic E-state index is 12.6. The lowest BCUT2D eigenvalue weighted by atomic mass is 9.98. The second-order valence-electron chi connectivity index (χ2n) is 4.91. The molecule has 0 aliphatic rings. The number of hydrogen-bond acceptors (Lipinski definition) is 5. The zero-order valence-electron chi connectivity index (χ0n) is 13.6. The molecule has 0 fully saturated rings. The van der Waals surface area contributed by atoms with Gasteiger partial charge in [0, 0.05) is 11.8 Å². The second kappa shape index (κ2) is 8.62. The second-order valence-corrected chi connectivity index (χ2v) is 4.91. The number of rotatable bonds is 7. The molecule has 5 nitrogen and oxygen atoms in total. The van der Waals surface area contributed by atoms with Crippen LogP contribution in [0, 0.1) is 5.92 Å². The zero-order chi connectivity index (χ0) is 17.4. The van der Waals surface area contributed by atoms with E-state index in [9.17, 15) is 9.59 Å². The van der Waals surface area contributed by atoms with Gasteiger partial charge in [0.15, 0.2) is 11.7 Å². The van der Waals surface area contributed by atoms with Crippen LogP contribution in [0.4, 0.5) is 5.69 Å². The highest BCUT2D eigenvalue weighted by Gasteiger charge is 2.27. The summed E-state index contributed by atoms with van der Waals surface area (Å²) in [6, 6.07) is 15.7. The summed E-state index contributed by atoms with van der Waals surface area (Å²) >= 11 is 0. The lowest BCUT2D eigenvalue weighted by Crippen LogP contribution is -2.27. The van der Waals surface area contributed by atoms with Gasteiger partial charge in [-0.2, -0.15) is 0 Å². The van der Waals surface area contributed by atoms with Crippen LogP contribution in [0.3, 0.4) is 0 Å². The van der Waals surface area contributed by atoms with Gasteiger partial charge >= 0.3 is 5.97 Å². The van der Waals surface area contributed by atoms with Crippen LogP contribution in [-0.4, -0.2) is 31.7 Å². The highest BCUT2D eigenvalue weighted by atomic mass is 16.5. The Morgan fingerprint density at radius 2 is 1.75 bits per heavy atom. The lowest BCUT2D eigenvalue weighted by molar-refractivity contribution is -0.143. The van der Waals surface area contributed by atoms with Gasteiger partial charge in [-0.3, -0.25) is 14.6 Å². The molecule has 1 unspecified atom stereocenters. The van der Waals surface area contributed by atoms with Gasteiger partial charge in [-0.1, -0.05) is 42.5 Å². The third kappa shape index (κ3) is 4.29. The summed E-state index contributed by atoms with van der Waals surface area (Å²) in [6.45, 7) is 1.89. The van der Waals surface area contributed by atoms with Gasteiger partial charge in [0.1, 0.15) is 11.4 Å². The molecule has 24 heavy (non-hydrogen) atoms. The van der Waals surface area contributed by atoms with E-state index in [4.69, 9.17) is 9.47 Å². The number of para-hydroxylation sites is 2. The van der Waals surface area contributed by atoms with Crippen molar-refractivity contribution in [2.45, 2.75) is 6.92 Å². The Hall–Kier alpha value is -2.95. The highest BCUT2D eigenvalue weighted by Crippen LogP contribution is 2.26. The van der Waals surface area contributed by atoms with Crippen molar-refractivity contribution in [2.75, 3.05) is 13.7 Å². The smallest absolute Gasteiger partial charge is 0.322 e. The summed E-state index contributed by atoms with van der Waals surface area (Å²) < 4.78 is 10.2. The lowest BCUT2D eigenvalue weighted by Gasteiger charge is -2.11. The molecule has 0 saturated carbocycles. The molecule has 124 valence electrons. The van der Waals surface area contributed by atoms with Crippen LogP contribution in [0.15, 0.2) is 59.6 Å². The first-order chi connectivity index (χ1) is 11.7. The number of carbonyl (C=O) groups is 2. The zero-order valence-corrected chi connectivity index (χ0v) is 13.6. The molecule has 0 spiro atoms. The summed E-state index contributed by atoms with van der Waals surface area (Å²) in [5.41, 5.74) is 0.970. The minimum absolute atomic E-state index is 0.194. The molecule has 0 aromatic heterocycles. The Kier molecular flexibility index (Phi) is 6.25. The van der Waals surface area contributed by atoms with Gasteiger partial charge in [-0.05, 0) is 19.1 Å². The number of esters is 1. The monoisotopic (exact) mass is 325 g/mol. The van der Waals surface area contributed by atoms with Gasteiger partial charge in [-0.25, -0.2) is 0 Å². The molecule has 2 aromatic carbocycles. The summed E-state index contributed by atoms with van der Waals surface area (Å²) in [7, 11) is 1.53. The number of Topliss-reactive ketones (excluding diaryl/α,β-unsaturated/α-hetero) is 1. The van der Waals surface area contributed by atoms with Crippen LogP contribution in [0.5, 0.6) is 5.75 Å². The molecule has 0 aliphatic heterocycles. The van der Waals surface area contributed by atoms with Crippen LogP contribution >= 0.6 is 0 Å². The first kappa shape index (κ1) is 17.4. The van der Waals surface area contributed by atoms with Crippen molar-refractivity contribution in [1.82, 2.24) is 0 Å². The molecule has 0 radical (unpaired) electrons. The van der Waals surface area contributed by atoms with Gasteiger partial charge in [0.2, 0.25) is 0 Å². The third-order valence-electron chi connectivity index (χ3n) is 3.33. The van der Waals surface area contributed by atoms with E-state index in [2.05, 4.69) is 4.99 Å². The molecule has 0 amide bonds. The molecular weight excluding hydrogens is 306 g/mol. The molecule has 0 saturated heterocycles. The van der Waals surface area contributed by atoms with E-state index in [1.165, 1.54) is 13.3 Å². The van der Waals surface area contributed by atoms with Crippen LogP contribution < -0.4 is 4.74 Å². The normalized spacial score (nSPS) is 11.9. The predicted molar refractivity (Wildman–Crippen MR) is 92.0 cm³/mol. The standard InChI is InChI=1S/C19H19NO4/c1-3-24-19(22)15(18(21)14-9-5-4-6-10-14)13-20-16-11-7-8-12-17(16)23-2/h4-13,15H,3H2,1-2H3. The van der Waals surface area contributed by atoms with E-state index < -0.39 is 11.9 Å². The van der Waals surface area contributed by atoms with Crippen LogP contribution in [0.2, 0.25) is 0 Å². The number of benzene rings is 2. The van der Waals surface area contributed by atoms with Crippen molar-refractivity contribution in [3.8, 4) is 5.75 Å². The predicted octanol–water partition coefficient (Wildman–Crippen LogP) is 3.46. The number of ketones is 1. The fourth-order valence-electron chi connectivity index (χ4n) is 2.14. The van der Waals surface area contributed by atoms with E-state index in [1.807, 2.05) is 6.07 Å². The third-order valence-corrected chi connectivity index (χ3v) is 3.33.